The highest BCUT2D eigenvalue weighted by atomic mass is 127. The van der Waals surface area contributed by atoms with E-state index in [-0.39, 0.29) is 29.5 Å². The second-order valence-corrected chi connectivity index (χ2v) is 10.1. The van der Waals surface area contributed by atoms with Crippen molar-refractivity contribution < 1.29 is 0 Å². The molecule has 0 unspecified atom stereocenters. The Labute approximate surface area is 217 Å². The number of hydrogen-bond acceptors (Lipinski definition) is 5. The van der Waals surface area contributed by atoms with E-state index in [4.69, 9.17) is 0 Å². The summed E-state index contributed by atoms with van der Waals surface area (Å²) in [6.07, 6.45) is 10.8. The van der Waals surface area contributed by atoms with Crippen molar-refractivity contribution in [2.24, 2.45) is 4.99 Å². The van der Waals surface area contributed by atoms with E-state index >= 15 is 0 Å². The lowest BCUT2D eigenvalue weighted by Gasteiger charge is -2.50. The van der Waals surface area contributed by atoms with Crippen LogP contribution in [0.4, 0.5) is 5.82 Å². The monoisotopic (exact) mass is 569 g/mol. The maximum atomic E-state index is 4.60. The number of aromatic nitrogens is 1. The molecule has 0 aromatic carbocycles. The lowest BCUT2D eigenvalue weighted by molar-refractivity contribution is 0.0173. The van der Waals surface area contributed by atoms with E-state index < -0.39 is 0 Å². The van der Waals surface area contributed by atoms with Crippen molar-refractivity contribution in [2.75, 3.05) is 64.8 Å². The smallest absolute Gasteiger partial charge is 0.191 e. The summed E-state index contributed by atoms with van der Waals surface area (Å²) >= 11 is 0. The molecule has 0 radical (unpaired) electrons. The Kier molecular flexibility index (Phi) is 10.1. The van der Waals surface area contributed by atoms with Crippen LogP contribution in [0.15, 0.2) is 23.3 Å². The molecule has 33 heavy (non-hydrogen) atoms. The number of nitrogens with one attached hydrogen (secondary N) is 2. The van der Waals surface area contributed by atoms with Gasteiger partial charge in [-0.15, -0.1) is 24.0 Å². The predicted molar refractivity (Wildman–Crippen MR) is 149 cm³/mol. The van der Waals surface area contributed by atoms with E-state index in [0.717, 1.165) is 44.3 Å². The maximum Gasteiger partial charge on any atom is 0.191 e. The van der Waals surface area contributed by atoms with Crippen LogP contribution >= 0.6 is 24.0 Å². The standard InChI is InChI=1S/C25H43N7.HI/c1-21-7-8-23(27-19-21)31-15-9-22(10-16-31)29-24(26-2)28-20-25(11-17-30(3)18-12-25)32-13-5-4-6-14-32;/h7-8,19,22H,4-6,9-18,20H2,1-3H3,(H2,26,28,29);1H. The number of nitrogens with zero attached hydrogens (tertiary/aromatic N) is 5. The molecule has 7 nitrogen and oxygen atoms in total. The van der Waals surface area contributed by atoms with Gasteiger partial charge in [-0.2, -0.15) is 0 Å². The van der Waals surface area contributed by atoms with Crippen LogP contribution in [0.25, 0.3) is 0 Å². The number of guanidine groups is 1. The minimum absolute atomic E-state index is 0. The molecule has 186 valence electrons. The number of aliphatic imine (C=N–C) groups is 1. The van der Waals surface area contributed by atoms with Gasteiger partial charge in [-0.25, -0.2) is 4.98 Å². The molecule has 3 saturated heterocycles. The average Bonchev–Trinajstić information content (AvgIpc) is 2.84. The van der Waals surface area contributed by atoms with Crippen molar-refractivity contribution in [3.8, 4) is 0 Å². The zero-order valence-electron chi connectivity index (χ0n) is 20.9. The normalized spacial score (nSPS) is 23.1. The molecule has 0 bridgehead atoms. The summed E-state index contributed by atoms with van der Waals surface area (Å²) in [5, 5.41) is 7.46. The number of aryl methyl sites for hydroxylation is 1. The van der Waals surface area contributed by atoms with Crippen LogP contribution < -0.4 is 15.5 Å². The molecule has 8 heteroatoms. The van der Waals surface area contributed by atoms with Gasteiger partial charge in [0, 0.05) is 44.5 Å². The van der Waals surface area contributed by atoms with Crippen molar-refractivity contribution >= 4 is 35.8 Å². The Morgan fingerprint density at radius 1 is 1.06 bits per heavy atom. The first-order valence-corrected chi connectivity index (χ1v) is 12.7. The molecule has 3 aliphatic rings. The summed E-state index contributed by atoms with van der Waals surface area (Å²) in [5.41, 5.74) is 1.48. The number of piperidine rings is 3. The molecule has 0 amide bonds. The van der Waals surface area contributed by atoms with Crippen LogP contribution in [0, 0.1) is 6.92 Å². The fourth-order valence-electron chi connectivity index (χ4n) is 5.54. The van der Waals surface area contributed by atoms with Gasteiger partial charge < -0.3 is 20.4 Å². The summed E-state index contributed by atoms with van der Waals surface area (Å²) in [6, 6.07) is 4.76. The highest BCUT2D eigenvalue weighted by Gasteiger charge is 2.39. The summed E-state index contributed by atoms with van der Waals surface area (Å²) in [5.74, 6) is 2.06. The third-order valence-corrected chi connectivity index (χ3v) is 7.81. The molecule has 1 aromatic heterocycles. The third kappa shape index (κ3) is 6.94. The molecule has 4 rings (SSSR count). The molecule has 4 heterocycles. The molecule has 0 saturated carbocycles. The Bertz CT molecular complexity index is 732. The summed E-state index contributed by atoms with van der Waals surface area (Å²) in [7, 11) is 4.16. The van der Waals surface area contributed by atoms with E-state index in [1.165, 1.54) is 63.8 Å². The van der Waals surface area contributed by atoms with Gasteiger partial charge in [-0.1, -0.05) is 12.5 Å². The molecule has 0 spiro atoms. The van der Waals surface area contributed by atoms with Crippen molar-refractivity contribution in [2.45, 2.75) is 63.5 Å². The van der Waals surface area contributed by atoms with Gasteiger partial charge in [0.25, 0.3) is 0 Å². The second kappa shape index (κ2) is 12.5. The lowest BCUT2D eigenvalue weighted by Crippen LogP contribution is -2.62. The summed E-state index contributed by atoms with van der Waals surface area (Å²) < 4.78 is 0. The van der Waals surface area contributed by atoms with Crippen molar-refractivity contribution in [1.82, 2.24) is 25.4 Å². The largest absolute Gasteiger partial charge is 0.356 e. The number of anilines is 1. The van der Waals surface area contributed by atoms with Crippen molar-refractivity contribution in [1.29, 1.82) is 0 Å². The number of likely N-dealkylation sites (tertiary alicyclic amines) is 2. The molecular formula is C25H44IN7. The second-order valence-electron chi connectivity index (χ2n) is 10.1. The molecule has 3 fully saturated rings. The quantitative estimate of drug-likeness (QED) is 0.323. The van der Waals surface area contributed by atoms with E-state index in [2.05, 4.69) is 61.4 Å². The molecular weight excluding hydrogens is 525 g/mol. The summed E-state index contributed by atoms with van der Waals surface area (Å²) in [4.78, 5) is 16.9. The number of pyridine rings is 1. The van der Waals surface area contributed by atoms with Gasteiger partial charge in [-0.3, -0.25) is 9.89 Å². The molecule has 1 aromatic rings. The zero-order valence-corrected chi connectivity index (χ0v) is 23.2. The molecule has 0 atom stereocenters. The fraction of sp³-hybridized carbons (Fsp3) is 0.760. The highest BCUT2D eigenvalue weighted by molar-refractivity contribution is 14.0. The van der Waals surface area contributed by atoms with E-state index in [1.807, 2.05) is 13.2 Å². The SMILES string of the molecule is CN=C(NCC1(N2CCCCC2)CCN(C)CC1)NC1CCN(c2ccc(C)cn2)CC1.I. The van der Waals surface area contributed by atoms with Gasteiger partial charge in [0.05, 0.1) is 0 Å². The summed E-state index contributed by atoms with van der Waals surface area (Å²) in [6.45, 7) is 10.0. The Hall–Kier alpha value is -1.13. The van der Waals surface area contributed by atoms with Gasteiger partial charge in [0.15, 0.2) is 5.96 Å². The maximum absolute atomic E-state index is 4.60. The molecule has 2 N–H and O–H groups in total. The van der Waals surface area contributed by atoms with E-state index in [9.17, 15) is 0 Å². The number of hydrogen-bond donors (Lipinski definition) is 2. The predicted octanol–water partition coefficient (Wildman–Crippen LogP) is 3.09. The lowest BCUT2D eigenvalue weighted by atomic mass is 9.84. The fourth-order valence-corrected chi connectivity index (χ4v) is 5.54. The van der Waals surface area contributed by atoms with Gasteiger partial charge in [-0.05, 0) is 90.3 Å². The van der Waals surface area contributed by atoms with Crippen LogP contribution in [-0.4, -0.2) is 92.2 Å². The van der Waals surface area contributed by atoms with Crippen LogP contribution in [-0.2, 0) is 0 Å². The number of rotatable bonds is 5. The average molecular weight is 570 g/mol. The van der Waals surface area contributed by atoms with Crippen LogP contribution in [0.3, 0.4) is 0 Å². The molecule has 3 aliphatic heterocycles. The Morgan fingerprint density at radius 3 is 2.36 bits per heavy atom. The van der Waals surface area contributed by atoms with Gasteiger partial charge in [0.2, 0.25) is 0 Å². The van der Waals surface area contributed by atoms with Gasteiger partial charge in [0.1, 0.15) is 5.82 Å². The zero-order chi connectivity index (χ0) is 22.4. The first-order chi connectivity index (χ1) is 15.6. The van der Waals surface area contributed by atoms with Crippen LogP contribution in [0.2, 0.25) is 0 Å². The highest BCUT2D eigenvalue weighted by Crippen LogP contribution is 2.31. The minimum Gasteiger partial charge on any atom is -0.356 e. The van der Waals surface area contributed by atoms with E-state index in [1.54, 1.807) is 0 Å². The van der Waals surface area contributed by atoms with Gasteiger partial charge >= 0.3 is 0 Å². The molecule has 0 aliphatic carbocycles. The van der Waals surface area contributed by atoms with Crippen LogP contribution in [0.1, 0.15) is 50.5 Å². The first-order valence-electron chi connectivity index (χ1n) is 12.7. The topological polar surface area (TPSA) is 59.0 Å². The van der Waals surface area contributed by atoms with E-state index in [0.29, 0.717) is 6.04 Å². The minimum atomic E-state index is 0. The van der Waals surface area contributed by atoms with Crippen LogP contribution in [0.5, 0.6) is 0 Å². The first kappa shape index (κ1) is 26.5. The number of halogens is 1. The van der Waals surface area contributed by atoms with Crippen molar-refractivity contribution in [3.05, 3.63) is 23.9 Å². The Balaban J connectivity index is 0.00000306. The van der Waals surface area contributed by atoms with Crippen molar-refractivity contribution in [3.63, 3.8) is 0 Å². The Morgan fingerprint density at radius 2 is 1.76 bits per heavy atom. The third-order valence-electron chi connectivity index (χ3n) is 7.81.